The number of nitrogens with one attached hydrogen (secondary N) is 3. The van der Waals surface area contributed by atoms with Crippen LogP contribution in [0.15, 0.2) is 55.0 Å². The van der Waals surface area contributed by atoms with Gasteiger partial charge in [0.2, 0.25) is 0 Å². The predicted octanol–water partition coefficient (Wildman–Crippen LogP) is 2.15. The van der Waals surface area contributed by atoms with Gasteiger partial charge in [-0.05, 0) is 0 Å². The molecule has 20 heavy (non-hydrogen) atoms. The molecule has 0 fully saturated rings. The maximum atomic E-state index is 10.8. The van der Waals surface area contributed by atoms with E-state index in [1.54, 1.807) is 0 Å². The van der Waals surface area contributed by atoms with Crippen LogP contribution in [0.25, 0.3) is 0 Å². The Kier molecular flexibility index (Phi) is 3.16. The Balaban J connectivity index is 2.44. The molecule has 1 unspecified atom stereocenters. The van der Waals surface area contributed by atoms with Gasteiger partial charge in [0, 0.05) is 0 Å². The molecule has 0 aliphatic carbocycles. The van der Waals surface area contributed by atoms with Crippen LogP contribution in [0.2, 0.25) is 0 Å². The van der Waals surface area contributed by atoms with Crippen LogP contribution in [0.1, 0.15) is 6.92 Å². The number of hydrogen-bond donors (Lipinski definition) is 4. The molecule has 3 aromatic heterocycles. The first-order chi connectivity index (χ1) is 9.58. The summed E-state index contributed by atoms with van der Waals surface area (Å²) >= 11 is 4.01. The van der Waals surface area contributed by atoms with E-state index in [2.05, 4.69) is 30.4 Å². The van der Waals surface area contributed by atoms with Crippen LogP contribution in [0.4, 0.5) is 0 Å². The van der Waals surface area contributed by atoms with Gasteiger partial charge in [0.1, 0.15) is 0 Å². The Morgan fingerprint density at radius 2 is 1.25 bits per heavy atom. The van der Waals surface area contributed by atoms with Gasteiger partial charge >= 0.3 is 125 Å². The van der Waals surface area contributed by atoms with Gasteiger partial charge in [-0.3, -0.25) is 0 Å². The van der Waals surface area contributed by atoms with Crippen molar-refractivity contribution in [3.8, 4) is 0 Å². The van der Waals surface area contributed by atoms with Crippen LogP contribution in [-0.2, 0) is 0 Å². The molecular formula is C14H17BrN3OP. The van der Waals surface area contributed by atoms with Crippen molar-refractivity contribution in [1.29, 1.82) is 0 Å². The molecule has 0 saturated carbocycles. The van der Waals surface area contributed by atoms with Gasteiger partial charge in [-0.15, -0.1) is 0 Å². The van der Waals surface area contributed by atoms with Crippen molar-refractivity contribution >= 4 is 37.1 Å². The van der Waals surface area contributed by atoms with Crippen LogP contribution in [0, 0.1) is 0 Å². The summed E-state index contributed by atoms with van der Waals surface area (Å²) in [7, 11) is 0. The summed E-state index contributed by atoms with van der Waals surface area (Å²) in [6.07, 6.45) is 5.64. The van der Waals surface area contributed by atoms with Gasteiger partial charge in [0.05, 0.1) is 0 Å². The molecule has 0 spiro atoms. The Bertz CT molecular complexity index is 587. The zero-order valence-electron chi connectivity index (χ0n) is 11.0. The molecule has 0 amide bonds. The second kappa shape index (κ2) is 4.62. The van der Waals surface area contributed by atoms with E-state index in [1.165, 1.54) is 0 Å². The van der Waals surface area contributed by atoms with Gasteiger partial charge in [0.25, 0.3) is 0 Å². The molecule has 0 aromatic carbocycles. The molecule has 0 aliphatic rings. The molecule has 0 saturated heterocycles. The topological polar surface area (TPSA) is 67.6 Å². The molecule has 4 nitrogen and oxygen atoms in total. The summed E-state index contributed by atoms with van der Waals surface area (Å²) in [5, 5.41) is 7.64. The van der Waals surface area contributed by atoms with E-state index in [0.717, 1.165) is 16.3 Å². The Morgan fingerprint density at radius 1 is 0.900 bits per heavy atom. The van der Waals surface area contributed by atoms with Gasteiger partial charge in [0.15, 0.2) is 0 Å². The third-order valence-electron chi connectivity index (χ3n) is 3.86. The third kappa shape index (κ3) is 1.54. The van der Waals surface area contributed by atoms with E-state index in [9.17, 15) is 5.11 Å². The first-order valence-corrected chi connectivity index (χ1v) is 10.7. The average Bonchev–Trinajstić information content (AvgIpc) is 3.19. The quantitative estimate of drug-likeness (QED) is 0.533. The second-order valence-electron chi connectivity index (χ2n) is 4.87. The van der Waals surface area contributed by atoms with Crippen molar-refractivity contribution in [2.45, 2.75) is 12.8 Å². The molecule has 3 heterocycles. The van der Waals surface area contributed by atoms with E-state index >= 15 is 0 Å². The Morgan fingerprint density at radius 3 is 1.45 bits per heavy atom. The molecule has 3 rings (SSSR count). The van der Waals surface area contributed by atoms with Crippen LogP contribution >= 0.6 is 20.8 Å². The summed E-state index contributed by atoms with van der Waals surface area (Å²) < 4.78 is 0. The first-order valence-electron chi connectivity index (χ1n) is 6.42. The van der Waals surface area contributed by atoms with Gasteiger partial charge in [-0.1, -0.05) is 0 Å². The van der Waals surface area contributed by atoms with E-state index in [1.807, 2.05) is 61.9 Å². The van der Waals surface area contributed by atoms with Crippen LogP contribution in [0.3, 0.4) is 0 Å². The number of H-pyrrole nitrogens is 3. The maximum absolute atomic E-state index is 10.8. The fourth-order valence-electron chi connectivity index (χ4n) is 2.77. The van der Waals surface area contributed by atoms with Crippen LogP contribution in [-0.4, -0.2) is 25.9 Å². The average molecular weight is 354 g/mol. The molecule has 1 atom stereocenters. The number of rotatable bonds is 4. The van der Waals surface area contributed by atoms with Crippen LogP contribution in [0.5, 0.6) is 0 Å². The van der Waals surface area contributed by atoms with Crippen molar-refractivity contribution in [3.05, 3.63) is 55.0 Å². The summed E-state index contributed by atoms with van der Waals surface area (Å²) in [5.74, 6) is -0.600. The third-order valence-corrected chi connectivity index (χ3v) is 14.1. The fraction of sp³-hybridized carbons (Fsp3) is 0.143. The zero-order valence-corrected chi connectivity index (χ0v) is 13.5. The van der Waals surface area contributed by atoms with Crippen molar-refractivity contribution in [3.63, 3.8) is 0 Å². The first kappa shape index (κ1) is 13.7. The van der Waals surface area contributed by atoms with E-state index in [4.69, 9.17) is 0 Å². The number of hydrogen-bond acceptors (Lipinski definition) is 1. The van der Waals surface area contributed by atoms with Gasteiger partial charge in [-0.25, -0.2) is 0 Å². The number of halogens is 1. The SMILES string of the molecule is CC(O)P(Br)(c1ccc[nH]1)(c1ccc[nH]1)c1ccc[nH]1. The summed E-state index contributed by atoms with van der Waals surface area (Å²) in [4.78, 5) is 9.86. The standard InChI is InChI=1S/C14H17BrN3OP/c1-11(19)20(15,12-5-2-8-16-12,13-6-3-9-17-13)14-7-4-10-18-14/h2-11,16-19H,1H3. The molecule has 6 heteroatoms. The number of aliphatic hydroxyl groups is 1. The molecule has 4 N–H and O–H groups in total. The molecule has 3 aromatic rings. The molecule has 0 aliphatic heterocycles. The van der Waals surface area contributed by atoms with Crippen molar-refractivity contribution in [2.75, 3.05) is 0 Å². The molecule has 0 radical (unpaired) electrons. The van der Waals surface area contributed by atoms with Gasteiger partial charge < -0.3 is 0 Å². The molecule has 106 valence electrons. The second-order valence-corrected chi connectivity index (χ2v) is 13.6. The van der Waals surface area contributed by atoms with Crippen molar-refractivity contribution in [2.24, 2.45) is 0 Å². The number of aromatic nitrogens is 3. The monoisotopic (exact) mass is 353 g/mol. The van der Waals surface area contributed by atoms with Crippen LogP contribution < -0.4 is 16.3 Å². The van der Waals surface area contributed by atoms with Crippen molar-refractivity contribution < 1.29 is 5.11 Å². The number of aromatic amines is 3. The molecular weight excluding hydrogens is 337 g/mol. The zero-order chi connectivity index (χ0) is 14.2. The minimum atomic E-state index is -3.15. The minimum absolute atomic E-state index is 0.600. The number of aliphatic hydroxyl groups excluding tert-OH is 1. The van der Waals surface area contributed by atoms with E-state index in [0.29, 0.717) is 0 Å². The summed E-state index contributed by atoms with van der Waals surface area (Å²) in [6, 6.07) is 11.9. The van der Waals surface area contributed by atoms with E-state index < -0.39 is 11.2 Å². The summed E-state index contributed by atoms with van der Waals surface area (Å²) in [6.45, 7) is 1.83. The van der Waals surface area contributed by atoms with E-state index in [-0.39, 0.29) is 0 Å². The molecule has 0 bridgehead atoms. The Labute approximate surface area is 125 Å². The normalized spacial score (nSPS) is 15.7. The fourth-order valence-corrected chi connectivity index (χ4v) is 8.86. The summed E-state index contributed by atoms with van der Waals surface area (Å²) in [5.41, 5.74) is 2.95. The Hall–Kier alpha value is -1.29. The predicted molar refractivity (Wildman–Crippen MR) is 88.8 cm³/mol. The van der Waals surface area contributed by atoms with Crippen molar-refractivity contribution in [1.82, 2.24) is 15.0 Å². The van der Waals surface area contributed by atoms with Gasteiger partial charge in [-0.2, -0.15) is 0 Å².